The van der Waals surface area contributed by atoms with Crippen LogP contribution in [0.2, 0.25) is 0 Å². The first-order chi connectivity index (χ1) is 28.2. The molecule has 4 unspecified atom stereocenters. The van der Waals surface area contributed by atoms with Crippen LogP contribution in [-0.4, -0.2) is 112 Å². The highest BCUT2D eigenvalue weighted by molar-refractivity contribution is 7.89. The van der Waals surface area contributed by atoms with Gasteiger partial charge in [0.05, 0.1) is 47.7 Å². The molecule has 1 aromatic rings. The van der Waals surface area contributed by atoms with Crippen molar-refractivity contribution < 1.29 is 56.2 Å². The monoisotopic (exact) mass is 882 g/mol. The molecule has 1 aromatic carbocycles. The van der Waals surface area contributed by atoms with Crippen molar-refractivity contribution >= 4 is 39.5 Å². The average molecular weight is 883 g/mol. The summed E-state index contributed by atoms with van der Waals surface area (Å²) in [5, 5.41) is 13.9. The molecule has 0 aromatic heterocycles. The Morgan fingerprint density at radius 1 is 1.03 bits per heavy atom. The third-order valence-electron chi connectivity index (χ3n) is 13.0. The Bertz CT molecular complexity index is 1800. The fraction of sp³-hybridized carbons (Fsp3) is 0.767. The minimum Gasteiger partial charge on any atom is -0.469 e. The lowest BCUT2D eigenvalue weighted by atomic mass is 9.62. The van der Waals surface area contributed by atoms with Crippen LogP contribution in [-0.2, 0) is 48.1 Å². The number of esters is 2. The van der Waals surface area contributed by atoms with Gasteiger partial charge in [0.2, 0.25) is 10.0 Å². The van der Waals surface area contributed by atoms with Crippen molar-refractivity contribution in [2.45, 2.75) is 155 Å². The minimum absolute atomic E-state index is 0.00229. The number of carbonyl (C=O) groups excluding carboxylic acids is 4. The van der Waals surface area contributed by atoms with E-state index in [0.717, 1.165) is 18.7 Å². The zero-order valence-corrected chi connectivity index (χ0v) is 38.9. The first-order valence-corrected chi connectivity index (χ1v) is 22.7. The summed E-state index contributed by atoms with van der Waals surface area (Å²) >= 11 is 0. The van der Waals surface area contributed by atoms with E-state index in [1.807, 2.05) is 27.8 Å². The lowest BCUT2D eigenvalue weighted by molar-refractivity contribution is -0.387. The van der Waals surface area contributed by atoms with Crippen molar-refractivity contribution in [1.29, 1.82) is 0 Å². The number of rotatable bonds is 12. The number of sulfonamides is 1. The lowest BCUT2D eigenvalue weighted by Gasteiger charge is -2.42. The number of nitro benzene ring substituents is 1. The van der Waals surface area contributed by atoms with Crippen LogP contribution < -0.4 is 10.0 Å². The van der Waals surface area contributed by atoms with Crippen molar-refractivity contribution in [3.63, 3.8) is 0 Å². The van der Waals surface area contributed by atoms with E-state index < -0.39 is 73.0 Å². The number of benzene rings is 1. The standard InChI is InChI=1S/C32H48N4O11S.C11H22O2/c1-20-16-28(45-21(2)18-35(20)5)46-26-12-8-7-11-25(24(37)17-22-14-15-44-30(38)29(22)26)47-31(39)34-32(3,4)19-33-48(42,43)27-13-9-6-10-23(27)36(40)41;1-8(2)10(3,4)11(5,6)9(12)13-7/h6,9-10,13,20-22,25-26,28-29,33H,7-8,11-12,14-19H2,1-5H3,(H,34,39);8H,1-7H3/t20-,21+,22?,25?,26?,28+,29?;/m1./s1. The van der Waals surface area contributed by atoms with E-state index in [1.165, 1.54) is 19.2 Å². The van der Waals surface area contributed by atoms with Crippen LogP contribution in [0.15, 0.2) is 29.2 Å². The van der Waals surface area contributed by atoms with Gasteiger partial charge < -0.3 is 33.9 Å². The maximum absolute atomic E-state index is 13.6. The molecule has 2 heterocycles. The number of alkyl carbamates (subject to hydrolysis) is 1. The molecule has 0 spiro atoms. The van der Waals surface area contributed by atoms with Gasteiger partial charge in [-0.05, 0) is 97.6 Å². The van der Waals surface area contributed by atoms with Gasteiger partial charge in [0.1, 0.15) is 0 Å². The Morgan fingerprint density at radius 2 is 1.67 bits per heavy atom. The van der Waals surface area contributed by atoms with Gasteiger partial charge in [-0.25, -0.2) is 17.9 Å². The van der Waals surface area contributed by atoms with E-state index in [4.69, 9.17) is 23.7 Å². The molecule has 346 valence electrons. The number of ether oxygens (including phenoxy) is 5. The van der Waals surface area contributed by atoms with Crippen LogP contribution in [0, 0.1) is 38.7 Å². The Kier molecular flexibility index (Phi) is 18.3. The number of Topliss-reactive ketones (excluding diaryl/α,β-unsaturated/α-hetero) is 1. The zero-order chi connectivity index (χ0) is 46.1. The fourth-order valence-electron chi connectivity index (χ4n) is 7.74. The molecule has 3 aliphatic rings. The van der Waals surface area contributed by atoms with E-state index >= 15 is 0 Å². The van der Waals surface area contributed by atoms with Gasteiger partial charge >= 0.3 is 18.0 Å². The van der Waals surface area contributed by atoms with E-state index in [0.29, 0.717) is 38.0 Å². The van der Waals surface area contributed by atoms with Crippen LogP contribution in [0.3, 0.4) is 0 Å². The van der Waals surface area contributed by atoms with E-state index in [-0.39, 0.29) is 61.2 Å². The number of carbonyl (C=O) groups is 4. The maximum atomic E-state index is 13.6. The SMILES string of the molecule is COC(=O)C(C)(C)C(C)(C)C(C)C.C[C@@H]1C[C@H](OC2CCCCC(OC(=O)NC(C)(C)CNS(=O)(=O)c3ccccc3[N+](=O)[O-])C(=O)CC3CCOC(=O)C32)O[C@@H](C)CN1C. The number of nitrogens with one attached hydrogen (secondary N) is 2. The quantitative estimate of drug-likeness (QED) is 0.104. The first kappa shape index (κ1) is 51.6. The number of para-hydroxylation sites is 1. The zero-order valence-electron chi connectivity index (χ0n) is 38.1. The molecule has 3 fully saturated rings. The van der Waals surface area contributed by atoms with Gasteiger partial charge in [0.25, 0.3) is 5.69 Å². The third kappa shape index (κ3) is 13.9. The smallest absolute Gasteiger partial charge is 0.408 e. The number of nitro groups is 1. The molecule has 1 saturated carbocycles. The summed E-state index contributed by atoms with van der Waals surface area (Å²) in [6, 6.07) is 5.16. The Morgan fingerprint density at radius 3 is 2.30 bits per heavy atom. The highest BCUT2D eigenvalue weighted by Gasteiger charge is 2.46. The molecule has 17 nitrogen and oxygen atoms in total. The van der Waals surface area contributed by atoms with Crippen molar-refractivity contribution in [1.82, 2.24) is 14.9 Å². The molecular formula is C43H70N4O13S. The summed E-state index contributed by atoms with van der Waals surface area (Å²) in [7, 11) is -0.807. The largest absolute Gasteiger partial charge is 0.469 e. The fourth-order valence-corrected chi connectivity index (χ4v) is 9.12. The predicted octanol–water partition coefficient (Wildman–Crippen LogP) is 6.17. The number of ketones is 1. The molecule has 2 saturated heterocycles. The summed E-state index contributed by atoms with van der Waals surface area (Å²) in [6.07, 6.45) is -0.00553. The molecule has 2 N–H and O–H groups in total. The molecule has 7 atom stereocenters. The summed E-state index contributed by atoms with van der Waals surface area (Å²) in [6.45, 7) is 20.2. The second-order valence-corrected chi connectivity index (χ2v) is 20.5. The van der Waals surface area contributed by atoms with Crippen molar-refractivity contribution in [2.75, 3.05) is 33.9 Å². The molecule has 18 heteroatoms. The Balaban J connectivity index is 0.000000657. The van der Waals surface area contributed by atoms with Gasteiger partial charge in [-0.15, -0.1) is 0 Å². The molecule has 1 aliphatic carbocycles. The van der Waals surface area contributed by atoms with Crippen molar-refractivity contribution in [3.8, 4) is 0 Å². The second-order valence-electron chi connectivity index (χ2n) is 18.7. The second kappa shape index (κ2) is 21.6. The van der Waals surface area contributed by atoms with Gasteiger partial charge in [0.15, 0.2) is 23.1 Å². The molecule has 0 bridgehead atoms. The van der Waals surface area contributed by atoms with Crippen molar-refractivity contribution in [2.24, 2.45) is 28.6 Å². The van der Waals surface area contributed by atoms with Gasteiger partial charge in [-0.1, -0.05) is 46.2 Å². The average Bonchev–Trinajstić information content (AvgIpc) is 3.29. The number of likely N-dealkylation sites (N-methyl/N-ethyl adjacent to an activating group) is 1. The summed E-state index contributed by atoms with van der Waals surface area (Å²) in [5.74, 6) is -1.45. The van der Waals surface area contributed by atoms with Crippen LogP contribution in [0.5, 0.6) is 0 Å². The Labute approximate surface area is 361 Å². The van der Waals surface area contributed by atoms with Crippen LogP contribution in [0.25, 0.3) is 0 Å². The van der Waals surface area contributed by atoms with Gasteiger partial charge in [-0.3, -0.25) is 24.5 Å². The molecule has 0 radical (unpaired) electrons. The number of nitrogens with zero attached hydrogens (tertiary/aromatic N) is 2. The normalized spacial score (nSPS) is 26.1. The molecular weight excluding hydrogens is 813 g/mol. The number of amides is 1. The summed E-state index contributed by atoms with van der Waals surface area (Å²) < 4.78 is 56.6. The van der Waals surface area contributed by atoms with Crippen LogP contribution >= 0.6 is 0 Å². The third-order valence-corrected chi connectivity index (χ3v) is 14.4. The number of cyclic esters (lactones) is 1. The maximum Gasteiger partial charge on any atom is 0.408 e. The van der Waals surface area contributed by atoms with Crippen LogP contribution in [0.1, 0.15) is 114 Å². The number of methoxy groups -OCH3 is 1. The van der Waals surface area contributed by atoms with E-state index in [2.05, 4.69) is 49.6 Å². The molecule has 1 amide bonds. The van der Waals surface area contributed by atoms with Gasteiger partial charge in [-0.2, -0.15) is 0 Å². The molecule has 61 heavy (non-hydrogen) atoms. The summed E-state index contributed by atoms with van der Waals surface area (Å²) in [5.41, 5.74) is -2.26. The predicted molar refractivity (Wildman–Crippen MR) is 227 cm³/mol. The number of hydrogen-bond acceptors (Lipinski definition) is 14. The number of fused-ring (bicyclic) bond motifs is 1. The van der Waals surface area contributed by atoms with Crippen molar-refractivity contribution in [3.05, 3.63) is 34.4 Å². The minimum atomic E-state index is -4.29. The Hall–Kier alpha value is -3.71. The summed E-state index contributed by atoms with van der Waals surface area (Å²) in [4.78, 5) is 63.6. The van der Waals surface area contributed by atoms with E-state index in [9.17, 15) is 37.7 Å². The number of hydrogen-bond donors (Lipinski definition) is 2. The highest BCUT2D eigenvalue weighted by Crippen LogP contribution is 2.45. The highest BCUT2D eigenvalue weighted by atomic mass is 32.2. The molecule has 2 aliphatic heterocycles. The van der Waals surface area contributed by atoms with Gasteiger partial charge in [0, 0.05) is 38.0 Å². The lowest BCUT2D eigenvalue weighted by Crippen LogP contribution is -2.52. The first-order valence-electron chi connectivity index (χ1n) is 21.2. The van der Waals surface area contributed by atoms with Crippen LogP contribution in [0.4, 0.5) is 10.5 Å². The molecule has 4 rings (SSSR count). The topological polar surface area (TPSA) is 219 Å². The van der Waals surface area contributed by atoms with E-state index in [1.54, 1.807) is 13.8 Å².